The third kappa shape index (κ3) is 16.0. The number of carbonyl (C=O) groups excluding carboxylic acids is 8. The number of ether oxygens (including phenoxy) is 6. The van der Waals surface area contributed by atoms with E-state index in [1.807, 2.05) is 0 Å². The van der Waals surface area contributed by atoms with Crippen LogP contribution in [-0.2, 0) is 52.6 Å². The van der Waals surface area contributed by atoms with E-state index in [4.69, 9.17) is 68.8 Å². The zero-order chi connectivity index (χ0) is 79.0. The molecule has 15 bridgehead atoms. The SMILES string of the molecule is CC(C)C[C@@H](N)C(=O)N[C@H]1C(=O)N[C@@H](CC(N)=O)C(=O)N[C@H]2C(=O)N[C@H]3C(=O)N[C@@H](C(=O)N[C@H](C(=O)NC4C5CC6CC(C5)CC4C6)c4cc(O)cc(O)c4-c4cc3ccc4O)[C@H](O)c3ccc(c(Cl)c3)Oc3cc2cc(c3OC2OC(CO)C(O)C(O)C2OC2CC(C)(N)C(O)C(C)O2)Oc2ccc(cc2Cl)[C@H]1O. The summed E-state index contributed by atoms with van der Waals surface area (Å²) in [6.07, 6.45) is -14.1. The minimum Gasteiger partial charge on any atom is -0.508 e. The van der Waals surface area contributed by atoms with Gasteiger partial charge in [0.2, 0.25) is 59.3 Å². The van der Waals surface area contributed by atoms with E-state index in [0.29, 0.717) is 11.8 Å². The molecular formula is C75H88Cl2N10O23. The highest BCUT2D eigenvalue weighted by Crippen LogP contribution is 2.55. The van der Waals surface area contributed by atoms with Crippen LogP contribution in [0.3, 0.4) is 0 Å². The second-order valence-electron chi connectivity index (χ2n) is 30.6. The van der Waals surface area contributed by atoms with Crippen molar-refractivity contribution in [2.45, 2.75) is 194 Å². The van der Waals surface area contributed by atoms with E-state index < -0.39 is 215 Å². The number of phenolic OH excluding ortho intramolecular Hbond substituents is 3. The van der Waals surface area contributed by atoms with Crippen LogP contribution < -0.4 is 68.6 Å². The van der Waals surface area contributed by atoms with Crippen molar-refractivity contribution in [3.8, 4) is 57.1 Å². The molecule has 0 radical (unpaired) electrons. The molecule has 11 aliphatic rings. The number of carbonyl (C=O) groups is 8. The quantitative estimate of drug-likeness (QED) is 0.0797. The molecule has 18 atom stereocenters. The van der Waals surface area contributed by atoms with Gasteiger partial charge in [-0.1, -0.05) is 55.2 Å². The Kier molecular flexibility index (Phi) is 22.6. The van der Waals surface area contributed by atoms with Gasteiger partial charge < -0.3 is 129 Å². The largest absolute Gasteiger partial charge is 0.508 e. The maximum Gasteiger partial charge on any atom is 0.248 e. The number of benzene rings is 5. The van der Waals surface area contributed by atoms with Crippen molar-refractivity contribution >= 4 is 70.5 Å². The zero-order valence-electron chi connectivity index (χ0n) is 59.9. The highest BCUT2D eigenvalue weighted by atomic mass is 35.5. The van der Waals surface area contributed by atoms with Crippen molar-refractivity contribution in [1.29, 1.82) is 0 Å². The molecule has 4 saturated carbocycles. The van der Waals surface area contributed by atoms with Crippen LogP contribution in [0, 0.1) is 29.6 Å². The number of rotatable bonds is 13. The van der Waals surface area contributed by atoms with Crippen molar-refractivity contribution in [2.24, 2.45) is 46.8 Å². The lowest BCUT2D eigenvalue weighted by molar-refractivity contribution is -0.333. The molecule has 9 unspecified atom stereocenters. The minimum atomic E-state index is -2.33. The number of aliphatic hydroxyl groups is 6. The monoisotopic (exact) mass is 1570 g/mol. The Bertz CT molecular complexity index is 4430. The van der Waals surface area contributed by atoms with Gasteiger partial charge in [0.25, 0.3) is 0 Å². The fourth-order valence-corrected chi connectivity index (χ4v) is 17.2. The number of halogens is 2. The number of nitrogens with two attached hydrogens (primary N) is 3. The van der Waals surface area contributed by atoms with Gasteiger partial charge in [-0.05, 0) is 164 Å². The Labute approximate surface area is 639 Å². The highest BCUT2D eigenvalue weighted by Gasteiger charge is 2.53. The lowest BCUT2D eigenvalue weighted by Gasteiger charge is -2.54. The maximum atomic E-state index is 16.3. The van der Waals surface area contributed by atoms with Gasteiger partial charge in [-0.15, -0.1) is 0 Å². The second kappa shape index (κ2) is 31.5. The van der Waals surface area contributed by atoms with E-state index in [1.54, 1.807) is 13.8 Å². The predicted molar refractivity (Wildman–Crippen MR) is 386 cm³/mol. The molecule has 16 rings (SSSR count). The molecule has 6 fully saturated rings. The summed E-state index contributed by atoms with van der Waals surface area (Å²) in [7, 11) is 0. The summed E-state index contributed by atoms with van der Waals surface area (Å²) in [5.41, 5.74) is 15.1. The average molecular weight is 1570 g/mol. The average Bonchev–Trinajstić information content (AvgIpc) is 0.758. The summed E-state index contributed by atoms with van der Waals surface area (Å²) in [5.74, 6) is -13.4. The number of phenols is 3. The van der Waals surface area contributed by atoms with Gasteiger partial charge in [0.15, 0.2) is 23.9 Å². The normalized spacial score (nSPS) is 33.0. The topological polar surface area (TPSA) is 536 Å². The number of hydrogen-bond donors (Lipinski definition) is 19. The first-order valence-corrected chi connectivity index (χ1v) is 37.0. The van der Waals surface area contributed by atoms with Crippen molar-refractivity contribution in [3.05, 3.63) is 117 Å². The van der Waals surface area contributed by atoms with Gasteiger partial charge in [0.05, 0.1) is 41.3 Å². The molecule has 7 aliphatic heterocycles. The van der Waals surface area contributed by atoms with E-state index >= 15 is 24.0 Å². The maximum absolute atomic E-state index is 16.3. The summed E-state index contributed by atoms with van der Waals surface area (Å²) >= 11 is 14.3. The van der Waals surface area contributed by atoms with E-state index in [1.165, 1.54) is 38.1 Å². The van der Waals surface area contributed by atoms with Crippen LogP contribution in [0.15, 0.2) is 78.9 Å². The van der Waals surface area contributed by atoms with E-state index in [9.17, 15) is 60.3 Å². The van der Waals surface area contributed by atoms with Crippen LogP contribution in [0.25, 0.3) is 11.1 Å². The molecule has 7 heterocycles. The summed E-state index contributed by atoms with van der Waals surface area (Å²) in [5, 5.41) is 123. The number of aromatic hydroxyl groups is 3. The first-order valence-electron chi connectivity index (χ1n) is 36.2. The molecule has 110 heavy (non-hydrogen) atoms. The van der Waals surface area contributed by atoms with Crippen molar-refractivity contribution < 1.29 is 113 Å². The number of fused-ring (bicyclic) bond motifs is 15. The Hall–Kier alpha value is -9.20. The first kappa shape index (κ1) is 78.9. The molecule has 5 aromatic carbocycles. The lowest BCUT2D eigenvalue weighted by Crippen LogP contribution is -2.64. The summed E-state index contributed by atoms with van der Waals surface area (Å²) in [6.45, 7) is 5.60. The van der Waals surface area contributed by atoms with Crippen LogP contribution in [0.5, 0.6) is 46.0 Å². The molecule has 22 N–H and O–H groups in total. The van der Waals surface area contributed by atoms with Gasteiger partial charge in [0.1, 0.15) is 95.5 Å². The Morgan fingerprint density at radius 2 is 1.27 bits per heavy atom. The second-order valence-corrected chi connectivity index (χ2v) is 31.4. The van der Waals surface area contributed by atoms with E-state index in [-0.39, 0.29) is 86.5 Å². The summed E-state index contributed by atoms with van der Waals surface area (Å²) in [6, 6.07) is 0.0744. The van der Waals surface area contributed by atoms with Crippen molar-refractivity contribution in [2.75, 3.05) is 6.61 Å². The smallest absolute Gasteiger partial charge is 0.248 e. The van der Waals surface area contributed by atoms with Gasteiger partial charge in [0, 0.05) is 35.2 Å². The molecule has 4 aliphatic carbocycles. The number of hydrogen-bond acceptors (Lipinski definition) is 25. The molecule has 2 saturated heterocycles. The highest BCUT2D eigenvalue weighted by molar-refractivity contribution is 6.32. The third-order valence-corrected chi connectivity index (χ3v) is 22.6. The van der Waals surface area contributed by atoms with Crippen LogP contribution in [0.1, 0.15) is 137 Å². The fourth-order valence-electron chi connectivity index (χ4n) is 16.7. The summed E-state index contributed by atoms with van der Waals surface area (Å²) in [4.78, 5) is 120. The number of amides is 8. The van der Waals surface area contributed by atoms with Gasteiger partial charge >= 0.3 is 0 Å². The van der Waals surface area contributed by atoms with Crippen LogP contribution in [-0.4, -0.2) is 185 Å². The zero-order valence-corrected chi connectivity index (χ0v) is 61.4. The van der Waals surface area contributed by atoms with Crippen molar-refractivity contribution in [3.63, 3.8) is 0 Å². The summed E-state index contributed by atoms with van der Waals surface area (Å²) < 4.78 is 38.7. The van der Waals surface area contributed by atoms with Crippen LogP contribution in [0.2, 0.25) is 10.0 Å². The number of aliphatic hydroxyl groups excluding tert-OH is 6. The fraction of sp³-hybridized carbons (Fsp3) is 0.493. The molecule has 35 heteroatoms. The Balaban J connectivity index is 1.01. The van der Waals surface area contributed by atoms with Crippen LogP contribution >= 0.6 is 23.2 Å². The van der Waals surface area contributed by atoms with E-state index in [0.717, 1.165) is 86.7 Å². The molecule has 0 spiro atoms. The number of nitrogens with one attached hydrogen (secondary N) is 7. The standard InChI is InChI=1S/C75H88Cl2N10O23/c1-27(2)11-42(78)67(98)86-58-60(93)32-6-9-46(40(76)18-32)106-48-20-36-21-49(64(48)110-74-65(63(96)62(95)50(26-88)108-74)109-52-25-75(4,80)66(97)28(3)105-52)107-47-10-7-33(19-41(47)77)61(94)59-73(104)85-57(71(102)82-54-34-13-29-12-30(15-34)16-35(54)14-29)39-22-37(89)23-45(91)53(39)38-17-31(5-8-44(38)90)55(69(100)87-59)84-70(101)56(36)83-68(99)43(24-51(79)92)81-72(58)103/h5-10,17-23,27-30,34-35,42-43,50,52,54-63,65-66,74,88-91,93-97H,11-16,24-26,78,80H2,1-4H3,(H2,79,92)(H,81,103)(H,82,102)(H,83,99)(H,84,101)(H,85,104)(H,86,98)(H,87,100)/t28?,29?,30?,34?,35?,42-,43+,50?,52?,54?,55-,56-,57+,58-,59-,60-,61-,62?,63?,65?,66?,74?,75?/m1/s1. The molecule has 33 nitrogen and oxygen atoms in total. The Morgan fingerprint density at radius 1 is 0.673 bits per heavy atom. The lowest BCUT2D eigenvalue weighted by atomic mass is 9.54. The third-order valence-electron chi connectivity index (χ3n) is 22.0. The Morgan fingerprint density at radius 3 is 1.87 bits per heavy atom. The molecule has 5 aromatic rings. The van der Waals surface area contributed by atoms with Gasteiger partial charge in [-0.2, -0.15) is 0 Å². The van der Waals surface area contributed by atoms with Gasteiger partial charge in [-0.3, -0.25) is 38.4 Å². The minimum absolute atomic E-state index is 0.0730. The molecule has 0 aromatic heterocycles. The van der Waals surface area contributed by atoms with Crippen molar-refractivity contribution in [1.82, 2.24) is 37.2 Å². The van der Waals surface area contributed by atoms with Gasteiger partial charge in [-0.25, -0.2) is 0 Å². The first-order chi connectivity index (χ1) is 52.1. The molecule has 590 valence electrons. The van der Waals surface area contributed by atoms with Crippen LogP contribution in [0.4, 0.5) is 0 Å². The molecule has 8 amide bonds. The molecular weight excluding hydrogens is 1480 g/mol. The predicted octanol–water partition coefficient (Wildman–Crippen LogP) is 1.70. The number of primary amides is 1. The van der Waals surface area contributed by atoms with E-state index in [2.05, 4.69) is 37.2 Å².